The maximum absolute atomic E-state index is 8.93. The summed E-state index contributed by atoms with van der Waals surface area (Å²) in [5, 5.41) is 22.3. The van der Waals surface area contributed by atoms with Crippen molar-refractivity contribution in [1.82, 2.24) is 19.7 Å². The van der Waals surface area contributed by atoms with E-state index in [0.717, 1.165) is 4.47 Å². The molecule has 0 atom stereocenters. The van der Waals surface area contributed by atoms with Crippen LogP contribution in [0.1, 0.15) is 11.4 Å². The van der Waals surface area contributed by atoms with Gasteiger partial charge in [0.15, 0.2) is 5.82 Å². The van der Waals surface area contributed by atoms with Crippen LogP contribution in [0.3, 0.4) is 0 Å². The smallest absolute Gasteiger partial charge is 0.154 e. The number of hydrogen-bond acceptors (Lipinski definition) is 5. The van der Waals surface area contributed by atoms with Crippen molar-refractivity contribution in [1.29, 1.82) is 10.5 Å². The Balaban J connectivity index is 2.07. The third-order valence-corrected chi connectivity index (χ3v) is 3.44. The highest BCUT2D eigenvalue weighted by molar-refractivity contribution is 9.10. The highest BCUT2D eigenvalue weighted by Crippen LogP contribution is 2.26. The van der Waals surface area contributed by atoms with Gasteiger partial charge in [-0.25, -0.2) is 14.6 Å². The molecule has 3 heterocycles. The van der Waals surface area contributed by atoms with E-state index < -0.39 is 0 Å². The lowest BCUT2D eigenvalue weighted by Gasteiger charge is -2.00. The van der Waals surface area contributed by atoms with Crippen LogP contribution in [-0.4, -0.2) is 19.7 Å². The summed E-state index contributed by atoms with van der Waals surface area (Å²) in [6.07, 6.45) is 1.74. The van der Waals surface area contributed by atoms with Crippen molar-refractivity contribution < 1.29 is 0 Å². The van der Waals surface area contributed by atoms with Crippen LogP contribution in [0.25, 0.3) is 17.2 Å². The topological polar surface area (TPSA) is 91.2 Å². The minimum absolute atomic E-state index is 0.315. The van der Waals surface area contributed by atoms with Crippen molar-refractivity contribution in [3.05, 3.63) is 58.5 Å². The van der Waals surface area contributed by atoms with Crippen LogP contribution in [0.4, 0.5) is 0 Å². The molecule has 7 heteroatoms. The summed E-state index contributed by atoms with van der Waals surface area (Å²) in [5.74, 6) is 0.530. The number of rotatable bonds is 2. The van der Waals surface area contributed by atoms with Gasteiger partial charge in [0.1, 0.15) is 29.2 Å². The lowest BCUT2D eigenvalue weighted by molar-refractivity contribution is 0.846. The number of hydrogen-bond donors (Lipinski definition) is 0. The predicted molar refractivity (Wildman–Crippen MR) is 81.7 cm³/mol. The first-order valence-corrected chi connectivity index (χ1v) is 7.01. The predicted octanol–water partition coefficient (Wildman–Crippen LogP) is 2.84. The van der Waals surface area contributed by atoms with E-state index in [-0.39, 0.29) is 0 Å². The lowest BCUT2D eigenvalue weighted by Crippen LogP contribution is -1.99. The molecule has 0 saturated heterocycles. The largest absolute Gasteiger partial charge is 0.235 e. The zero-order chi connectivity index (χ0) is 15.5. The van der Waals surface area contributed by atoms with Gasteiger partial charge in [0, 0.05) is 6.20 Å². The van der Waals surface area contributed by atoms with Crippen LogP contribution >= 0.6 is 15.9 Å². The van der Waals surface area contributed by atoms with Gasteiger partial charge in [0.2, 0.25) is 0 Å². The molecule has 104 valence electrons. The van der Waals surface area contributed by atoms with E-state index in [1.54, 1.807) is 47.3 Å². The number of pyridine rings is 2. The van der Waals surface area contributed by atoms with Gasteiger partial charge < -0.3 is 0 Å². The molecule has 0 spiro atoms. The number of nitriles is 2. The first kappa shape index (κ1) is 13.9. The van der Waals surface area contributed by atoms with Gasteiger partial charge in [-0.1, -0.05) is 12.1 Å². The number of aromatic nitrogens is 4. The number of halogens is 1. The van der Waals surface area contributed by atoms with Gasteiger partial charge in [0.05, 0.1) is 10.2 Å². The molecule has 0 saturated carbocycles. The molecule has 0 aliphatic heterocycles. The first-order chi connectivity index (χ1) is 10.7. The molecule has 0 aromatic carbocycles. The van der Waals surface area contributed by atoms with Crippen LogP contribution in [-0.2, 0) is 0 Å². The molecule has 22 heavy (non-hydrogen) atoms. The average molecular weight is 351 g/mol. The van der Waals surface area contributed by atoms with Gasteiger partial charge in [-0.2, -0.15) is 15.6 Å². The van der Waals surface area contributed by atoms with Crippen molar-refractivity contribution in [3.63, 3.8) is 0 Å². The average Bonchev–Trinajstić information content (AvgIpc) is 2.97. The summed E-state index contributed by atoms with van der Waals surface area (Å²) in [5.41, 5.74) is 1.82. The van der Waals surface area contributed by atoms with Gasteiger partial charge in [-0.15, -0.1) is 0 Å². The van der Waals surface area contributed by atoms with Crippen molar-refractivity contribution in [2.45, 2.75) is 0 Å². The third kappa shape index (κ3) is 2.58. The van der Waals surface area contributed by atoms with Crippen molar-refractivity contribution >= 4 is 15.9 Å². The second-order valence-corrected chi connectivity index (χ2v) is 5.14. The Morgan fingerprint density at radius 3 is 2.36 bits per heavy atom. The summed E-state index contributed by atoms with van der Waals surface area (Å²) in [6, 6.07) is 14.3. The van der Waals surface area contributed by atoms with Crippen LogP contribution < -0.4 is 0 Å². The van der Waals surface area contributed by atoms with E-state index in [4.69, 9.17) is 10.5 Å². The maximum Gasteiger partial charge on any atom is 0.154 e. The van der Waals surface area contributed by atoms with Crippen molar-refractivity contribution in [2.24, 2.45) is 0 Å². The first-order valence-electron chi connectivity index (χ1n) is 6.21. The molecule has 0 fully saturated rings. The highest BCUT2D eigenvalue weighted by Gasteiger charge is 2.12. The molecule has 3 rings (SSSR count). The molecule has 0 radical (unpaired) electrons. The van der Waals surface area contributed by atoms with E-state index in [9.17, 15) is 0 Å². The summed E-state index contributed by atoms with van der Waals surface area (Å²) in [6.45, 7) is 0. The Morgan fingerprint density at radius 1 is 0.955 bits per heavy atom. The normalized spacial score (nSPS) is 9.95. The van der Waals surface area contributed by atoms with Crippen LogP contribution in [0.2, 0.25) is 0 Å². The summed E-state index contributed by atoms with van der Waals surface area (Å²) in [4.78, 5) is 8.41. The van der Waals surface area contributed by atoms with Gasteiger partial charge in [-0.05, 0) is 40.2 Å². The van der Waals surface area contributed by atoms with Crippen LogP contribution in [0.5, 0.6) is 0 Å². The van der Waals surface area contributed by atoms with Crippen LogP contribution in [0, 0.1) is 22.7 Å². The molecular weight excluding hydrogens is 344 g/mol. The van der Waals surface area contributed by atoms with Crippen LogP contribution in [0.15, 0.2) is 47.1 Å². The number of nitrogens with zero attached hydrogens (tertiary/aromatic N) is 6. The highest BCUT2D eigenvalue weighted by atomic mass is 79.9. The Labute approximate surface area is 134 Å². The second kappa shape index (κ2) is 5.76. The fourth-order valence-corrected chi connectivity index (χ4v) is 2.36. The molecule has 0 amide bonds. The second-order valence-electron chi connectivity index (χ2n) is 4.28. The van der Waals surface area contributed by atoms with E-state index >= 15 is 0 Å². The Bertz CT molecular complexity index is 932. The standard InChI is InChI=1S/C15H7BrN6/c16-12-9-22(14-6-2-4-11(8-18)20-14)21-15(12)13-5-1-3-10(7-17)19-13/h1-6,9H. The molecule has 3 aromatic heterocycles. The molecule has 0 aliphatic rings. The molecule has 0 unspecified atom stereocenters. The zero-order valence-electron chi connectivity index (χ0n) is 11.1. The molecule has 0 aliphatic carbocycles. The summed E-state index contributed by atoms with van der Waals surface area (Å²) >= 11 is 3.43. The van der Waals surface area contributed by atoms with Gasteiger partial charge >= 0.3 is 0 Å². The monoisotopic (exact) mass is 350 g/mol. The Morgan fingerprint density at radius 2 is 1.64 bits per heavy atom. The fraction of sp³-hybridized carbons (Fsp3) is 0. The minimum Gasteiger partial charge on any atom is -0.235 e. The maximum atomic E-state index is 8.93. The van der Waals surface area contributed by atoms with E-state index in [1.807, 2.05) is 12.1 Å². The van der Waals surface area contributed by atoms with E-state index in [2.05, 4.69) is 31.0 Å². The lowest BCUT2D eigenvalue weighted by atomic mass is 10.2. The molecular formula is C15H7BrN6. The van der Waals surface area contributed by atoms with Gasteiger partial charge in [0.25, 0.3) is 0 Å². The van der Waals surface area contributed by atoms with E-state index in [1.165, 1.54) is 0 Å². The zero-order valence-corrected chi connectivity index (χ0v) is 12.7. The Hall–Kier alpha value is -3.03. The van der Waals surface area contributed by atoms with E-state index in [0.29, 0.717) is 28.6 Å². The summed E-state index contributed by atoms with van der Waals surface area (Å²) < 4.78 is 2.28. The summed E-state index contributed by atoms with van der Waals surface area (Å²) in [7, 11) is 0. The van der Waals surface area contributed by atoms with Crippen molar-refractivity contribution in [3.8, 4) is 29.3 Å². The molecule has 0 bridgehead atoms. The fourth-order valence-electron chi connectivity index (χ4n) is 1.89. The quantitative estimate of drug-likeness (QED) is 0.708. The third-order valence-electron chi connectivity index (χ3n) is 2.86. The SMILES string of the molecule is N#Cc1cccc(-c2nn(-c3cccc(C#N)n3)cc2Br)n1. The van der Waals surface area contributed by atoms with Crippen molar-refractivity contribution in [2.75, 3.05) is 0 Å². The molecule has 0 N–H and O–H groups in total. The molecule has 6 nitrogen and oxygen atoms in total. The van der Waals surface area contributed by atoms with Gasteiger partial charge in [-0.3, -0.25) is 0 Å². The minimum atomic E-state index is 0.315. The molecule has 3 aromatic rings. The Kier molecular flexibility index (Phi) is 3.65.